The van der Waals surface area contributed by atoms with Gasteiger partial charge < -0.3 is 10.4 Å². The van der Waals surface area contributed by atoms with Gasteiger partial charge in [0.05, 0.1) is 5.56 Å². The Bertz CT molecular complexity index is 543. The molecule has 1 aromatic carbocycles. The van der Waals surface area contributed by atoms with E-state index in [1.54, 1.807) is 24.3 Å². The van der Waals surface area contributed by atoms with Crippen molar-refractivity contribution in [2.75, 3.05) is 5.32 Å². The van der Waals surface area contributed by atoms with Gasteiger partial charge in [0.25, 0.3) is 0 Å². The molecule has 0 atom stereocenters. The Morgan fingerprint density at radius 2 is 2.00 bits per heavy atom. The lowest BCUT2D eigenvalue weighted by Crippen LogP contribution is -2.01. The lowest BCUT2D eigenvalue weighted by molar-refractivity contribution is 0.0696. The number of halogens is 1. The van der Waals surface area contributed by atoms with Crippen LogP contribution in [0.5, 0.6) is 0 Å². The van der Waals surface area contributed by atoms with Crippen LogP contribution in [0.4, 0.5) is 11.6 Å². The first-order valence-electron chi connectivity index (χ1n) is 4.73. The van der Waals surface area contributed by atoms with Crippen molar-refractivity contribution in [3.8, 4) is 0 Å². The molecule has 2 aromatic rings. The van der Waals surface area contributed by atoms with E-state index in [2.05, 4.69) is 15.3 Å². The average Bonchev–Trinajstić information content (AvgIpc) is 2.29. The zero-order chi connectivity index (χ0) is 12.3. The topological polar surface area (TPSA) is 75.1 Å². The van der Waals surface area contributed by atoms with E-state index in [9.17, 15) is 4.79 Å². The SMILES string of the molecule is O=C(O)c1cnc(Nc2cccc(Cl)c2)nc1. The number of carboxylic acids is 1. The number of benzene rings is 1. The zero-order valence-corrected chi connectivity index (χ0v) is 9.35. The molecule has 0 spiro atoms. The van der Waals surface area contributed by atoms with Crippen molar-refractivity contribution in [1.29, 1.82) is 0 Å². The molecule has 6 heteroatoms. The molecule has 1 aromatic heterocycles. The minimum absolute atomic E-state index is 0.0432. The van der Waals surface area contributed by atoms with Gasteiger partial charge in [-0.3, -0.25) is 0 Å². The number of hydrogen-bond acceptors (Lipinski definition) is 4. The number of hydrogen-bond donors (Lipinski definition) is 2. The number of carbonyl (C=O) groups is 1. The Kier molecular flexibility index (Phi) is 3.20. The minimum atomic E-state index is -1.06. The minimum Gasteiger partial charge on any atom is -0.478 e. The molecule has 0 amide bonds. The molecule has 2 N–H and O–H groups in total. The van der Waals surface area contributed by atoms with E-state index < -0.39 is 5.97 Å². The third-order valence-corrected chi connectivity index (χ3v) is 2.21. The summed E-state index contributed by atoms with van der Waals surface area (Å²) in [6, 6.07) is 7.06. The molecule has 0 radical (unpaired) electrons. The van der Waals surface area contributed by atoms with Crippen LogP contribution in [0.3, 0.4) is 0 Å². The van der Waals surface area contributed by atoms with Crippen LogP contribution in [0, 0.1) is 0 Å². The van der Waals surface area contributed by atoms with Gasteiger partial charge in [-0.05, 0) is 18.2 Å². The predicted molar refractivity (Wildman–Crippen MR) is 63.7 cm³/mol. The van der Waals surface area contributed by atoms with Crippen molar-refractivity contribution in [2.45, 2.75) is 0 Å². The van der Waals surface area contributed by atoms with Crippen molar-refractivity contribution in [2.24, 2.45) is 0 Å². The maximum atomic E-state index is 10.6. The van der Waals surface area contributed by atoms with Gasteiger partial charge in [-0.2, -0.15) is 0 Å². The van der Waals surface area contributed by atoms with E-state index in [1.165, 1.54) is 12.4 Å². The molecule has 5 nitrogen and oxygen atoms in total. The summed E-state index contributed by atoms with van der Waals surface area (Å²) in [6.07, 6.45) is 2.48. The van der Waals surface area contributed by atoms with Crippen molar-refractivity contribution < 1.29 is 9.90 Å². The Labute approximate surface area is 102 Å². The monoisotopic (exact) mass is 249 g/mol. The van der Waals surface area contributed by atoms with Gasteiger partial charge in [-0.1, -0.05) is 17.7 Å². The Morgan fingerprint density at radius 1 is 1.29 bits per heavy atom. The summed E-state index contributed by atoms with van der Waals surface area (Å²) in [6.45, 7) is 0. The molecule has 0 saturated carbocycles. The van der Waals surface area contributed by atoms with Crippen molar-refractivity contribution in [1.82, 2.24) is 9.97 Å². The molecule has 17 heavy (non-hydrogen) atoms. The molecule has 0 bridgehead atoms. The first kappa shape index (κ1) is 11.3. The second-order valence-corrected chi connectivity index (χ2v) is 3.67. The van der Waals surface area contributed by atoms with Crippen molar-refractivity contribution in [3.63, 3.8) is 0 Å². The number of anilines is 2. The largest absolute Gasteiger partial charge is 0.478 e. The van der Waals surface area contributed by atoms with Crippen molar-refractivity contribution in [3.05, 3.63) is 47.2 Å². The lowest BCUT2D eigenvalue weighted by Gasteiger charge is -2.04. The number of nitrogens with zero attached hydrogens (tertiary/aromatic N) is 2. The van der Waals surface area contributed by atoms with Crippen LogP contribution >= 0.6 is 11.6 Å². The fraction of sp³-hybridized carbons (Fsp3) is 0. The number of aromatic nitrogens is 2. The van der Waals surface area contributed by atoms with Gasteiger partial charge in [0.1, 0.15) is 0 Å². The summed E-state index contributed by atoms with van der Waals surface area (Å²) < 4.78 is 0. The highest BCUT2D eigenvalue weighted by Gasteiger charge is 2.04. The van der Waals surface area contributed by atoms with Crippen LogP contribution < -0.4 is 5.32 Å². The molecule has 0 unspecified atom stereocenters. The maximum Gasteiger partial charge on any atom is 0.338 e. The van der Waals surface area contributed by atoms with Gasteiger partial charge in [-0.25, -0.2) is 14.8 Å². The summed E-state index contributed by atoms with van der Waals surface area (Å²) >= 11 is 5.82. The fourth-order valence-corrected chi connectivity index (χ4v) is 1.39. The molecule has 2 rings (SSSR count). The first-order chi connectivity index (χ1) is 8.15. The van der Waals surface area contributed by atoms with Crippen LogP contribution in [-0.4, -0.2) is 21.0 Å². The molecule has 0 aliphatic heterocycles. The van der Waals surface area contributed by atoms with E-state index in [-0.39, 0.29) is 5.56 Å². The smallest absolute Gasteiger partial charge is 0.338 e. The fourth-order valence-electron chi connectivity index (χ4n) is 1.20. The van der Waals surface area contributed by atoms with Gasteiger partial charge in [0.2, 0.25) is 5.95 Å². The van der Waals surface area contributed by atoms with Gasteiger partial charge in [0, 0.05) is 23.1 Å². The number of rotatable bonds is 3. The Morgan fingerprint density at radius 3 is 2.59 bits per heavy atom. The van der Waals surface area contributed by atoms with Crippen LogP contribution in [0.1, 0.15) is 10.4 Å². The van der Waals surface area contributed by atoms with E-state index in [0.717, 1.165) is 5.69 Å². The van der Waals surface area contributed by atoms with Crippen LogP contribution in [0.15, 0.2) is 36.7 Å². The summed E-state index contributed by atoms with van der Waals surface area (Å²) in [4.78, 5) is 18.4. The molecular weight excluding hydrogens is 242 g/mol. The standard InChI is InChI=1S/C11H8ClN3O2/c12-8-2-1-3-9(4-8)15-11-13-5-7(6-14-11)10(16)17/h1-6H,(H,16,17)(H,13,14,15). The highest BCUT2D eigenvalue weighted by molar-refractivity contribution is 6.30. The van der Waals surface area contributed by atoms with E-state index in [0.29, 0.717) is 11.0 Å². The second-order valence-electron chi connectivity index (χ2n) is 3.24. The molecule has 0 saturated heterocycles. The van der Waals surface area contributed by atoms with E-state index >= 15 is 0 Å². The average molecular weight is 250 g/mol. The maximum absolute atomic E-state index is 10.6. The molecule has 0 aliphatic carbocycles. The zero-order valence-electron chi connectivity index (χ0n) is 8.59. The van der Waals surface area contributed by atoms with Crippen LogP contribution in [-0.2, 0) is 0 Å². The number of aromatic carboxylic acids is 1. The number of carboxylic acid groups (broad SMARTS) is 1. The van der Waals surface area contributed by atoms with Crippen LogP contribution in [0.25, 0.3) is 0 Å². The second kappa shape index (κ2) is 4.80. The third kappa shape index (κ3) is 2.92. The Balaban J connectivity index is 2.16. The molecule has 86 valence electrons. The van der Waals surface area contributed by atoms with Gasteiger partial charge >= 0.3 is 5.97 Å². The summed E-state index contributed by atoms with van der Waals surface area (Å²) in [7, 11) is 0. The molecular formula is C11H8ClN3O2. The van der Waals surface area contributed by atoms with E-state index in [1.807, 2.05) is 0 Å². The molecule has 1 heterocycles. The summed E-state index contributed by atoms with van der Waals surface area (Å²) in [5, 5.41) is 12.2. The van der Waals surface area contributed by atoms with E-state index in [4.69, 9.17) is 16.7 Å². The third-order valence-electron chi connectivity index (χ3n) is 1.98. The predicted octanol–water partition coefficient (Wildman–Crippen LogP) is 2.57. The van der Waals surface area contributed by atoms with Crippen LogP contribution in [0.2, 0.25) is 5.02 Å². The molecule has 0 aliphatic rings. The Hall–Kier alpha value is -2.14. The van der Waals surface area contributed by atoms with Crippen molar-refractivity contribution >= 4 is 29.2 Å². The lowest BCUT2D eigenvalue weighted by atomic mass is 10.3. The highest BCUT2D eigenvalue weighted by Crippen LogP contribution is 2.17. The summed E-state index contributed by atoms with van der Waals surface area (Å²) in [5.74, 6) is -0.739. The number of nitrogens with one attached hydrogen (secondary N) is 1. The normalized spacial score (nSPS) is 9.94. The summed E-state index contributed by atoms with van der Waals surface area (Å²) in [5.41, 5.74) is 0.780. The highest BCUT2D eigenvalue weighted by atomic mass is 35.5. The molecule has 0 fully saturated rings. The van der Waals surface area contributed by atoms with Gasteiger partial charge in [0.15, 0.2) is 0 Å². The quantitative estimate of drug-likeness (QED) is 0.874. The first-order valence-corrected chi connectivity index (χ1v) is 5.11. The van der Waals surface area contributed by atoms with Gasteiger partial charge in [-0.15, -0.1) is 0 Å².